The van der Waals surface area contributed by atoms with E-state index in [1.807, 2.05) is 0 Å². The molecule has 5 nitrogen and oxygen atoms in total. The molecule has 0 unspecified atom stereocenters. The number of rotatable bonds is 5. The van der Waals surface area contributed by atoms with Gasteiger partial charge in [0.2, 0.25) is 11.7 Å². The first-order valence-corrected chi connectivity index (χ1v) is 6.72. The molecule has 5 heteroatoms. The first-order chi connectivity index (χ1) is 8.57. The zero-order chi connectivity index (χ0) is 13.2. The summed E-state index contributed by atoms with van der Waals surface area (Å²) >= 11 is 0. The van der Waals surface area contributed by atoms with Gasteiger partial charge in [-0.2, -0.15) is 4.98 Å². The van der Waals surface area contributed by atoms with Gasteiger partial charge in [-0.3, -0.25) is 0 Å². The van der Waals surface area contributed by atoms with Crippen LogP contribution in [0.25, 0.3) is 0 Å². The van der Waals surface area contributed by atoms with Crippen LogP contribution in [0, 0.1) is 5.92 Å². The molecule has 2 N–H and O–H groups in total. The van der Waals surface area contributed by atoms with E-state index < -0.39 is 0 Å². The van der Waals surface area contributed by atoms with Gasteiger partial charge in [0.25, 0.3) is 0 Å². The van der Waals surface area contributed by atoms with Gasteiger partial charge >= 0.3 is 0 Å². The molecule has 0 spiro atoms. The predicted molar refractivity (Wildman–Crippen MR) is 67.8 cm³/mol. The van der Waals surface area contributed by atoms with Crippen LogP contribution >= 0.6 is 0 Å². The van der Waals surface area contributed by atoms with Crippen molar-refractivity contribution < 1.29 is 9.26 Å². The highest BCUT2D eigenvalue weighted by Crippen LogP contribution is 2.40. The molecular weight excluding hydrogens is 230 g/mol. The summed E-state index contributed by atoms with van der Waals surface area (Å²) in [4.78, 5) is 4.46. The minimum Gasteiger partial charge on any atom is -0.370 e. The monoisotopic (exact) mass is 253 g/mol. The highest BCUT2D eigenvalue weighted by Gasteiger charge is 2.40. The van der Waals surface area contributed by atoms with Crippen LogP contribution < -0.4 is 5.73 Å². The van der Waals surface area contributed by atoms with E-state index >= 15 is 0 Å². The quantitative estimate of drug-likeness (QED) is 0.872. The van der Waals surface area contributed by atoms with Crippen LogP contribution in [0.4, 0.5) is 0 Å². The summed E-state index contributed by atoms with van der Waals surface area (Å²) in [6.45, 7) is 4.26. The third-order valence-electron chi connectivity index (χ3n) is 3.69. The molecule has 0 radical (unpaired) electrons. The molecule has 2 rings (SSSR count). The van der Waals surface area contributed by atoms with E-state index in [2.05, 4.69) is 24.0 Å². The second-order valence-corrected chi connectivity index (χ2v) is 5.60. The number of aromatic nitrogens is 2. The van der Waals surface area contributed by atoms with Gasteiger partial charge in [0.15, 0.2) is 0 Å². The van der Waals surface area contributed by atoms with Gasteiger partial charge in [0.1, 0.15) is 5.60 Å². The third-order valence-corrected chi connectivity index (χ3v) is 3.69. The van der Waals surface area contributed by atoms with Crippen LogP contribution in [0.2, 0.25) is 0 Å². The largest absolute Gasteiger partial charge is 0.370 e. The molecule has 1 atom stereocenters. The summed E-state index contributed by atoms with van der Waals surface area (Å²) in [6.07, 6.45) is 5.07. The Morgan fingerprint density at radius 2 is 2.06 bits per heavy atom. The van der Waals surface area contributed by atoms with E-state index in [1.54, 1.807) is 7.11 Å². The zero-order valence-electron chi connectivity index (χ0n) is 11.5. The number of nitrogens with zero attached hydrogens (tertiary/aromatic N) is 2. The SMILES string of the molecule is COC1(c2noc([C@@H](N)CC(C)C)n2)CCCC1. The molecule has 0 aliphatic heterocycles. The lowest BCUT2D eigenvalue weighted by Gasteiger charge is -2.22. The third kappa shape index (κ3) is 2.57. The van der Waals surface area contributed by atoms with Crippen molar-refractivity contribution in [3.63, 3.8) is 0 Å². The Kier molecular flexibility index (Phi) is 4.02. The Balaban J connectivity index is 2.14. The van der Waals surface area contributed by atoms with E-state index in [-0.39, 0.29) is 11.6 Å². The van der Waals surface area contributed by atoms with Gasteiger partial charge in [0, 0.05) is 7.11 Å². The number of hydrogen-bond donors (Lipinski definition) is 1. The summed E-state index contributed by atoms with van der Waals surface area (Å²) in [5.74, 6) is 1.71. The molecule has 1 aromatic rings. The maximum absolute atomic E-state index is 6.06. The van der Waals surface area contributed by atoms with Gasteiger partial charge in [-0.1, -0.05) is 19.0 Å². The van der Waals surface area contributed by atoms with Gasteiger partial charge in [-0.15, -0.1) is 0 Å². The summed E-state index contributed by atoms with van der Waals surface area (Å²) in [6, 6.07) is -0.179. The fourth-order valence-corrected chi connectivity index (χ4v) is 2.64. The molecular formula is C13H23N3O2. The standard InChI is InChI=1S/C13H23N3O2/c1-9(2)8-10(14)11-15-12(16-18-11)13(17-3)6-4-5-7-13/h9-10H,4-8,14H2,1-3H3/t10-/m0/s1. The van der Waals surface area contributed by atoms with Gasteiger partial charge < -0.3 is 15.0 Å². The van der Waals surface area contributed by atoms with Crippen LogP contribution in [0.1, 0.15) is 63.7 Å². The fourth-order valence-electron chi connectivity index (χ4n) is 2.64. The molecule has 0 aromatic carbocycles. The number of hydrogen-bond acceptors (Lipinski definition) is 5. The molecule has 18 heavy (non-hydrogen) atoms. The number of nitrogens with two attached hydrogens (primary N) is 1. The molecule has 1 fully saturated rings. The number of methoxy groups -OCH3 is 1. The second-order valence-electron chi connectivity index (χ2n) is 5.60. The Morgan fingerprint density at radius 1 is 1.39 bits per heavy atom. The van der Waals surface area contributed by atoms with Crippen LogP contribution in [0.5, 0.6) is 0 Å². The van der Waals surface area contributed by atoms with E-state index in [0.29, 0.717) is 17.6 Å². The molecule has 102 valence electrons. The van der Waals surface area contributed by atoms with E-state index in [0.717, 1.165) is 32.1 Å². The Morgan fingerprint density at radius 3 is 2.61 bits per heavy atom. The zero-order valence-corrected chi connectivity index (χ0v) is 11.5. The molecule has 0 amide bonds. The molecule has 1 heterocycles. The summed E-state index contributed by atoms with van der Waals surface area (Å²) in [5.41, 5.74) is 5.71. The molecule has 0 saturated heterocycles. The lowest BCUT2D eigenvalue weighted by Crippen LogP contribution is -2.26. The summed E-state index contributed by atoms with van der Waals surface area (Å²) < 4.78 is 10.9. The van der Waals surface area contributed by atoms with Crippen LogP contribution in [0.3, 0.4) is 0 Å². The first kappa shape index (κ1) is 13.5. The van der Waals surface area contributed by atoms with Crippen molar-refractivity contribution in [2.24, 2.45) is 11.7 Å². The lowest BCUT2D eigenvalue weighted by molar-refractivity contribution is -0.0178. The number of ether oxygens (including phenoxy) is 1. The molecule has 1 aromatic heterocycles. The van der Waals surface area contributed by atoms with Crippen molar-refractivity contribution in [2.75, 3.05) is 7.11 Å². The van der Waals surface area contributed by atoms with Gasteiger partial charge in [0.05, 0.1) is 6.04 Å². The second kappa shape index (κ2) is 5.36. The Labute approximate surface area is 108 Å². The smallest absolute Gasteiger partial charge is 0.243 e. The van der Waals surface area contributed by atoms with Crippen molar-refractivity contribution in [1.82, 2.24) is 10.1 Å². The van der Waals surface area contributed by atoms with Crippen molar-refractivity contribution in [1.29, 1.82) is 0 Å². The van der Waals surface area contributed by atoms with Crippen molar-refractivity contribution >= 4 is 0 Å². The van der Waals surface area contributed by atoms with Crippen molar-refractivity contribution in [3.05, 3.63) is 11.7 Å². The lowest BCUT2D eigenvalue weighted by atomic mass is 10.0. The van der Waals surface area contributed by atoms with Crippen LogP contribution in [-0.2, 0) is 10.3 Å². The van der Waals surface area contributed by atoms with Crippen molar-refractivity contribution in [2.45, 2.75) is 57.6 Å². The molecule has 1 aliphatic rings. The first-order valence-electron chi connectivity index (χ1n) is 6.72. The minimum atomic E-state index is -0.348. The van der Waals surface area contributed by atoms with Crippen LogP contribution in [-0.4, -0.2) is 17.3 Å². The minimum absolute atomic E-state index is 0.179. The molecule has 0 bridgehead atoms. The topological polar surface area (TPSA) is 74.2 Å². The Bertz CT molecular complexity index is 383. The predicted octanol–water partition coefficient (Wildman–Crippen LogP) is 2.53. The summed E-state index contributed by atoms with van der Waals surface area (Å²) in [5, 5.41) is 4.08. The van der Waals surface area contributed by atoms with E-state index in [9.17, 15) is 0 Å². The van der Waals surface area contributed by atoms with Crippen LogP contribution in [0.15, 0.2) is 4.52 Å². The van der Waals surface area contributed by atoms with Gasteiger partial charge in [-0.25, -0.2) is 0 Å². The fraction of sp³-hybridized carbons (Fsp3) is 0.846. The summed E-state index contributed by atoms with van der Waals surface area (Å²) in [7, 11) is 1.72. The maximum atomic E-state index is 6.06. The highest BCUT2D eigenvalue weighted by molar-refractivity contribution is 5.05. The Hall–Kier alpha value is -0.940. The normalized spacial score (nSPS) is 20.5. The molecule has 1 aliphatic carbocycles. The van der Waals surface area contributed by atoms with E-state index in [4.69, 9.17) is 15.0 Å². The molecule has 1 saturated carbocycles. The average molecular weight is 253 g/mol. The van der Waals surface area contributed by atoms with Gasteiger partial charge in [-0.05, 0) is 38.0 Å². The van der Waals surface area contributed by atoms with E-state index in [1.165, 1.54) is 0 Å². The van der Waals surface area contributed by atoms with Crippen molar-refractivity contribution in [3.8, 4) is 0 Å². The maximum Gasteiger partial charge on any atom is 0.243 e. The highest BCUT2D eigenvalue weighted by atomic mass is 16.5. The average Bonchev–Trinajstić information content (AvgIpc) is 2.98.